The number of rotatable bonds is 6. The lowest BCUT2D eigenvalue weighted by Crippen LogP contribution is -2.16. The molecule has 0 bridgehead atoms. The van der Waals surface area contributed by atoms with Crippen LogP contribution in [0, 0.1) is 6.92 Å². The van der Waals surface area contributed by atoms with Crippen LogP contribution >= 0.6 is 11.3 Å². The molecule has 0 saturated heterocycles. The maximum Gasteiger partial charge on any atom is 0.0952 e. The highest BCUT2D eigenvalue weighted by molar-refractivity contribution is 7.11. The quantitative estimate of drug-likeness (QED) is 0.799. The van der Waals surface area contributed by atoms with E-state index in [1.165, 1.54) is 10.6 Å². The monoisotopic (exact) mass is 250 g/mol. The van der Waals surface area contributed by atoms with Gasteiger partial charge in [0.25, 0.3) is 0 Å². The summed E-state index contributed by atoms with van der Waals surface area (Å²) in [6, 6.07) is 0. The van der Waals surface area contributed by atoms with Crippen LogP contribution in [0.3, 0.4) is 0 Å². The average molecular weight is 250 g/mol. The molecule has 92 valence electrons. The second kappa shape index (κ2) is 5.93. The number of aryl methyl sites for hydroxylation is 1. The smallest absolute Gasteiger partial charge is 0.0952 e. The highest BCUT2D eigenvalue weighted by Gasteiger charge is 2.04. The first-order valence-electron chi connectivity index (χ1n) is 5.90. The topological polar surface area (TPSA) is 42.7 Å². The van der Waals surface area contributed by atoms with Gasteiger partial charge in [0.15, 0.2) is 0 Å². The molecule has 0 spiro atoms. The Hall–Kier alpha value is -1.20. The second-order valence-electron chi connectivity index (χ2n) is 4.04. The van der Waals surface area contributed by atoms with Crippen molar-refractivity contribution in [3.05, 3.63) is 34.3 Å². The summed E-state index contributed by atoms with van der Waals surface area (Å²) in [4.78, 5) is 9.76. The number of hydrogen-bond donors (Lipinski definition) is 1. The first kappa shape index (κ1) is 12.3. The third-order valence-corrected chi connectivity index (χ3v) is 3.42. The minimum absolute atomic E-state index is 0.870. The molecule has 2 aromatic rings. The molecule has 1 N–H and O–H groups in total. The van der Waals surface area contributed by atoms with E-state index >= 15 is 0 Å². The van der Waals surface area contributed by atoms with Gasteiger partial charge in [-0.25, -0.2) is 9.97 Å². The second-order valence-corrected chi connectivity index (χ2v) is 5.35. The summed E-state index contributed by atoms with van der Waals surface area (Å²) in [7, 11) is 0. The molecule has 0 unspecified atom stereocenters. The lowest BCUT2D eigenvalue weighted by Gasteiger charge is -2.07. The van der Waals surface area contributed by atoms with E-state index in [1.807, 2.05) is 25.6 Å². The maximum absolute atomic E-state index is 4.27. The summed E-state index contributed by atoms with van der Waals surface area (Å²) in [5, 5.41) is 4.51. The number of aromatic nitrogens is 3. The molecule has 0 aromatic carbocycles. The van der Waals surface area contributed by atoms with Crippen molar-refractivity contribution in [1.29, 1.82) is 0 Å². The summed E-state index contributed by atoms with van der Waals surface area (Å²) >= 11 is 1.74. The number of hydrogen-bond acceptors (Lipinski definition) is 4. The van der Waals surface area contributed by atoms with Crippen molar-refractivity contribution >= 4 is 11.3 Å². The van der Waals surface area contributed by atoms with Crippen molar-refractivity contribution < 1.29 is 0 Å². The molecule has 2 heterocycles. The first-order valence-corrected chi connectivity index (χ1v) is 6.72. The van der Waals surface area contributed by atoms with Crippen molar-refractivity contribution in [1.82, 2.24) is 19.9 Å². The molecule has 17 heavy (non-hydrogen) atoms. The van der Waals surface area contributed by atoms with E-state index in [-0.39, 0.29) is 0 Å². The van der Waals surface area contributed by atoms with E-state index < -0.39 is 0 Å². The van der Waals surface area contributed by atoms with Gasteiger partial charge in [0.1, 0.15) is 0 Å². The van der Waals surface area contributed by atoms with Crippen LogP contribution in [-0.2, 0) is 13.1 Å². The van der Waals surface area contributed by atoms with E-state index in [4.69, 9.17) is 0 Å². The SMILES string of the molecule is CCCNCc1cncn1Cc1cnc(C)s1. The number of thiazole rings is 1. The molecular formula is C12H18N4S. The fourth-order valence-corrected chi connectivity index (χ4v) is 2.47. The first-order chi connectivity index (χ1) is 8.29. The van der Waals surface area contributed by atoms with E-state index in [0.29, 0.717) is 0 Å². The van der Waals surface area contributed by atoms with Crippen LogP contribution in [0.4, 0.5) is 0 Å². The van der Waals surface area contributed by atoms with Gasteiger partial charge in [-0.3, -0.25) is 0 Å². The molecule has 2 aromatic heterocycles. The van der Waals surface area contributed by atoms with Gasteiger partial charge in [-0.15, -0.1) is 11.3 Å². The Morgan fingerprint density at radius 3 is 3.00 bits per heavy atom. The van der Waals surface area contributed by atoms with E-state index in [2.05, 4.69) is 26.8 Å². The Bertz CT molecular complexity index is 461. The van der Waals surface area contributed by atoms with Gasteiger partial charge in [-0.2, -0.15) is 0 Å². The van der Waals surface area contributed by atoms with Crippen LogP contribution in [0.15, 0.2) is 18.7 Å². The predicted octanol–water partition coefficient (Wildman–Crippen LogP) is 2.20. The van der Waals surface area contributed by atoms with Crippen LogP contribution in [0.2, 0.25) is 0 Å². The van der Waals surface area contributed by atoms with E-state index in [1.54, 1.807) is 11.3 Å². The van der Waals surface area contributed by atoms with Gasteiger partial charge in [0.2, 0.25) is 0 Å². The van der Waals surface area contributed by atoms with E-state index in [0.717, 1.165) is 31.1 Å². The third kappa shape index (κ3) is 3.38. The summed E-state index contributed by atoms with van der Waals surface area (Å²) in [6.45, 7) is 7.00. The van der Waals surface area contributed by atoms with Gasteiger partial charge in [0.05, 0.1) is 23.6 Å². The number of nitrogens with one attached hydrogen (secondary N) is 1. The molecule has 0 fully saturated rings. The minimum atomic E-state index is 0.870. The molecule has 0 saturated carbocycles. The fraction of sp³-hybridized carbons (Fsp3) is 0.500. The Labute approximate surface area is 106 Å². The minimum Gasteiger partial charge on any atom is -0.328 e. The normalized spacial score (nSPS) is 10.9. The highest BCUT2D eigenvalue weighted by atomic mass is 32.1. The maximum atomic E-state index is 4.27. The summed E-state index contributed by atoms with van der Waals surface area (Å²) in [6.07, 6.45) is 6.92. The van der Waals surface area contributed by atoms with Gasteiger partial charge < -0.3 is 9.88 Å². The number of imidazole rings is 1. The van der Waals surface area contributed by atoms with Crippen molar-refractivity contribution in [2.24, 2.45) is 0 Å². The lowest BCUT2D eigenvalue weighted by atomic mass is 10.4. The summed E-state index contributed by atoms with van der Waals surface area (Å²) in [5.41, 5.74) is 1.23. The molecule has 2 rings (SSSR count). The molecule has 0 atom stereocenters. The zero-order chi connectivity index (χ0) is 12.1. The Morgan fingerprint density at radius 2 is 2.29 bits per heavy atom. The fourth-order valence-electron chi connectivity index (χ4n) is 1.68. The Morgan fingerprint density at radius 1 is 1.41 bits per heavy atom. The largest absolute Gasteiger partial charge is 0.328 e. The van der Waals surface area contributed by atoms with Crippen molar-refractivity contribution in [3.8, 4) is 0 Å². The van der Waals surface area contributed by atoms with Crippen molar-refractivity contribution in [2.45, 2.75) is 33.4 Å². The molecule has 0 aliphatic heterocycles. The van der Waals surface area contributed by atoms with Gasteiger partial charge in [-0.05, 0) is 19.9 Å². The van der Waals surface area contributed by atoms with Gasteiger partial charge in [0, 0.05) is 23.8 Å². The lowest BCUT2D eigenvalue weighted by molar-refractivity contribution is 0.631. The third-order valence-electron chi connectivity index (χ3n) is 2.53. The summed E-state index contributed by atoms with van der Waals surface area (Å²) in [5.74, 6) is 0. The molecule has 4 nitrogen and oxygen atoms in total. The van der Waals surface area contributed by atoms with Crippen LogP contribution < -0.4 is 5.32 Å². The Kier molecular flexibility index (Phi) is 4.28. The average Bonchev–Trinajstić information content (AvgIpc) is 2.90. The molecule has 5 heteroatoms. The standard InChI is InChI=1S/C12H18N4S/c1-3-4-13-5-11-6-14-9-16(11)8-12-7-15-10(2)17-12/h6-7,9,13H,3-5,8H2,1-2H3. The molecule has 0 aliphatic carbocycles. The molecule has 0 amide bonds. The van der Waals surface area contributed by atoms with Crippen LogP contribution in [0.5, 0.6) is 0 Å². The van der Waals surface area contributed by atoms with Gasteiger partial charge in [-0.1, -0.05) is 6.92 Å². The molecule has 0 radical (unpaired) electrons. The highest BCUT2D eigenvalue weighted by Crippen LogP contribution is 2.14. The number of nitrogens with zero attached hydrogens (tertiary/aromatic N) is 3. The molecular weight excluding hydrogens is 232 g/mol. The van der Waals surface area contributed by atoms with Gasteiger partial charge >= 0.3 is 0 Å². The zero-order valence-electron chi connectivity index (χ0n) is 10.3. The van der Waals surface area contributed by atoms with E-state index in [9.17, 15) is 0 Å². The zero-order valence-corrected chi connectivity index (χ0v) is 11.1. The predicted molar refractivity (Wildman–Crippen MR) is 70.2 cm³/mol. The Balaban J connectivity index is 1.98. The summed E-state index contributed by atoms with van der Waals surface area (Å²) < 4.78 is 2.18. The van der Waals surface area contributed by atoms with Crippen LogP contribution in [0.25, 0.3) is 0 Å². The van der Waals surface area contributed by atoms with Crippen LogP contribution in [-0.4, -0.2) is 21.1 Å². The molecule has 0 aliphatic rings. The van der Waals surface area contributed by atoms with Crippen molar-refractivity contribution in [3.63, 3.8) is 0 Å². The van der Waals surface area contributed by atoms with Crippen molar-refractivity contribution in [2.75, 3.05) is 6.54 Å². The van der Waals surface area contributed by atoms with Crippen LogP contribution in [0.1, 0.15) is 28.9 Å².